The van der Waals surface area contributed by atoms with E-state index in [9.17, 15) is 0 Å². The summed E-state index contributed by atoms with van der Waals surface area (Å²) in [6.45, 7) is 2.30. The predicted molar refractivity (Wildman–Crippen MR) is 113 cm³/mol. The molecule has 0 unspecified atom stereocenters. The maximum Gasteiger partial charge on any atom is 0.119 e. The number of rotatable bonds is 4. The number of nitrogens with zero attached hydrogens (tertiary/aromatic N) is 1. The zero-order chi connectivity index (χ0) is 18.6. The van der Waals surface area contributed by atoms with Crippen molar-refractivity contribution in [2.45, 2.75) is 12.8 Å². The van der Waals surface area contributed by atoms with E-state index in [0.717, 1.165) is 35.5 Å². The fourth-order valence-electron chi connectivity index (χ4n) is 3.73. The van der Waals surface area contributed by atoms with Crippen LogP contribution in [0.5, 0.6) is 5.75 Å². The van der Waals surface area contributed by atoms with E-state index in [-0.39, 0.29) is 0 Å². The maximum atomic E-state index is 7.79. The molecule has 0 bridgehead atoms. The van der Waals surface area contributed by atoms with Gasteiger partial charge in [-0.1, -0.05) is 36.4 Å². The summed E-state index contributed by atoms with van der Waals surface area (Å²) < 4.78 is 5.43. The summed E-state index contributed by atoms with van der Waals surface area (Å²) in [6, 6.07) is 17.0. The monoisotopic (exact) mass is 356 g/mol. The molecule has 0 atom stereocenters. The molecule has 1 saturated heterocycles. The Morgan fingerprint density at radius 2 is 1.59 bits per heavy atom. The molecule has 0 amide bonds. The minimum absolute atomic E-state index is 0.521. The first-order valence-electron chi connectivity index (χ1n) is 9.43. The molecule has 0 spiro atoms. The molecule has 1 aliphatic heterocycles. The Kier molecular flexibility index (Phi) is 4.93. The second-order valence-electron chi connectivity index (χ2n) is 6.93. The summed E-state index contributed by atoms with van der Waals surface area (Å²) in [5.41, 5.74) is 6.36. The number of hydrogen-bond donors (Lipinski definition) is 1. The fourth-order valence-corrected chi connectivity index (χ4v) is 3.73. The summed E-state index contributed by atoms with van der Waals surface area (Å²) in [7, 11) is 1.69. The van der Waals surface area contributed by atoms with E-state index < -0.39 is 0 Å². The van der Waals surface area contributed by atoms with E-state index in [0.29, 0.717) is 5.71 Å². The summed E-state index contributed by atoms with van der Waals surface area (Å²) in [5, 5.41) is 7.79. The summed E-state index contributed by atoms with van der Waals surface area (Å²) in [5.74, 6) is 0.843. The van der Waals surface area contributed by atoms with E-state index in [1.807, 2.05) is 36.4 Å². The van der Waals surface area contributed by atoms with Gasteiger partial charge in [0, 0.05) is 18.8 Å². The van der Waals surface area contributed by atoms with Gasteiger partial charge in [0.05, 0.1) is 12.8 Å². The largest absolute Gasteiger partial charge is 0.497 e. The lowest BCUT2D eigenvalue weighted by Gasteiger charge is -2.19. The quantitative estimate of drug-likeness (QED) is 0.813. The van der Waals surface area contributed by atoms with Crippen molar-refractivity contribution in [2.24, 2.45) is 0 Å². The number of methoxy groups -OCH3 is 1. The second kappa shape index (κ2) is 7.67. The maximum absolute atomic E-state index is 7.79. The van der Waals surface area contributed by atoms with Crippen molar-refractivity contribution >= 4 is 17.0 Å². The van der Waals surface area contributed by atoms with Gasteiger partial charge in [0.1, 0.15) is 5.75 Å². The Hall–Kier alpha value is -3.07. The van der Waals surface area contributed by atoms with Gasteiger partial charge in [-0.3, -0.25) is 0 Å². The molecule has 2 aromatic carbocycles. The van der Waals surface area contributed by atoms with Crippen LogP contribution < -0.4 is 9.64 Å². The highest BCUT2D eigenvalue weighted by Crippen LogP contribution is 2.33. The van der Waals surface area contributed by atoms with E-state index >= 15 is 0 Å². The third kappa shape index (κ3) is 3.72. The molecule has 0 saturated carbocycles. The summed E-state index contributed by atoms with van der Waals surface area (Å²) in [6.07, 6.45) is 10.3. The van der Waals surface area contributed by atoms with Gasteiger partial charge in [0.2, 0.25) is 0 Å². The van der Waals surface area contributed by atoms with E-state index in [4.69, 9.17) is 10.1 Å². The molecule has 27 heavy (non-hydrogen) atoms. The third-order valence-corrected chi connectivity index (χ3v) is 5.16. The minimum Gasteiger partial charge on any atom is -0.497 e. The van der Waals surface area contributed by atoms with Gasteiger partial charge in [-0.2, -0.15) is 0 Å². The van der Waals surface area contributed by atoms with Gasteiger partial charge in [0.15, 0.2) is 0 Å². The highest BCUT2D eigenvalue weighted by atomic mass is 16.5. The molecule has 3 heteroatoms. The summed E-state index contributed by atoms with van der Waals surface area (Å²) in [4.78, 5) is 2.45. The van der Waals surface area contributed by atoms with Crippen molar-refractivity contribution in [3.05, 3.63) is 89.5 Å². The topological polar surface area (TPSA) is 36.3 Å². The number of benzene rings is 2. The number of ether oxygens (including phenoxy) is 1. The molecule has 2 aliphatic rings. The van der Waals surface area contributed by atoms with E-state index in [1.165, 1.54) is 24.1 Å². The Morgan fingerprint density at radius 1 is 0.889 bits per heavy atom. The zero-order valence-electron chi connectivity index (χ0n) is 15.6. The van der Waals surface area contributed by atoms with Crippen LogP contribution in [0.15, 0.2) is 78.4 Å². The van der Waals surface area contributed by atoms with Gasteiger partial charge in [-0.15, -0.1) is 0 Å². The number of anilines is 1. The lowest BCUT2D eigenvalue weighted by molar-refractivity contribution is 0.414. The standard InChI is InChI=1S/C24H24N2O/c1-27-23-6-4-5-20(17-23)24(18-7-11-21(25)12-8-18)19-9-13-22(14-10-19)26-15-2-3-16-26/h4-14,17,25H,2-3,15-16H2,1H3. The average molecular weight is 356 g/mol. The van der Waals surface area contributed by atoms with Crippen LogP contribution in [0, 0.1) is 5.41 Å². The second-order valence-corrected chi connectivity index (χ2v) is 6.93. The van der Waals surface area contributed by atoms with Crippen molar-refractivity contribution in [1.29, 1.82) is 5.41 Å². The third-order valence-electron chi connectivity index (χ3n) is 5.16. The Balaban J connectivity index is 1.78. The Bertz CT molecular complexity index is 911. The molecular formula is C24H24N2O. The molecule has 4 rings (SSSR count). The van der Waals surface area contributed by atoms with Crippen LogP contribution in [0.4, 0.5) is 5.69 Å². The van der Waals surface area contributed by atoms with Crippen molar-refractivity contribution in [3.8, 4) is 5.75 Å². The lowest BCUT2D eigenvalue weighted by Crippen LogP contribution is -2.17. The summed E-state index contributed by atoms with van der Waals surface area (Å²) >= 11 is 0. The van der Waals surface area contributed by atoms with Crippen molar-refractivity contribution < 1.29 is 4.74 Å². The average Bonchev–Trinajstić information content (AvgIpc) is 3.25. The smallest absolute Gasteiger partial charge is 0.119 e. The molecule has 1 fully saturated rings. The minimum atomic E-state index is 0.521. The van der Waals surface area contributed by atoms with E-state index in [1.54, 1.807) is 7.11 Å². The normalized spacial score (nSPS) is 16.1. The zero-order valence-corrected chi connectivity index (χ0v) is 15.6. The SMILES string of the molecule is COc1cccc(C(=C2C=CC(=N)C=C2)c2ccc(N3CCCC3)cc2)c1. The van der Waals surface area contributed by atoms with Gasteiger partial charge in [-0.05, 0) is 71.5 Å². The molecular weight excluding hydrogens is 332 g/mol. The van der Waals surface area contributed by atoms with Crippen LogP contribution in [0.2, 0.25) is 0 Å². The lowest BCUT2D eigenvalue weighted by atomic mass is 9.90. The van der Waals surface area contributed by atoms with E-state index in [2.05, 4.69) is 41.3 Å². The molecule has 1 aliphatic carbocycles. The molecule has 3 nitrogen and oxygen atoms in total. The first-order chi connectivity index (χ1) is 13.2. The van der Waals surface area contributed by atoms with Crippen molar-refractivity contribution in [2.75, 3.05) is 25.1 Å². The van der Waals surface area contributed by atoms with Crippen LogP contribution in [0.3, 0.4) is 0 Å². The highest BCUT2D eigenvalue weighted by Gasteiger charge is 2.15. The molecule has 1 heterocycles. The van der Waals surface area contributed by atoms with Crippen molar-refractivity contribution in [3.63, 3.8) is 0 Å². The van der Waals surface area contributed by atoms with Crippen molar-refractivity contribution in [1.82, 2.24) is 0 Å². The van der Waals surface area contributed by atoms with Gasteiger partial charge < -0.3 is 15.0 Å². The Morgan fingerprint density at radius 3 is 2.26 bits per heavy atom. The number of hydrogen-bond acceptors (Lipinski definition) is 3. The predicted octanol–water partition coefficient (Wildman–Crippen LogP) is 5.24. The first kappa shape index (κ1) is 17.3. The molecule has 0 radical (unpaired) electrons. The Labute approximate surface area is 160 Å². The van der Waals surface area contributed by atoms with Crippen LogP contribution in [-0.4, -0.2) is 25.9 Å². The van der Waals surface area contributed by atoms with Gasteiger partial charge in [-0.25, -0.2) is 0 Å². The fraction of sp³-hybridized carbons (Fsp3) is 0.208. The first-order valence-corrected chi connectivity index (χ1v) is 9.43. The molecule has 2 aromatic rings. The van der Waals surface area contributed by atoms with Crippen LogP contribution in [-0.2, 0) is 0 Å². The number of allylic oxidation sites excluding steroid dienone is 5. The molecule has 1 N–H and O–H groups in total. The van der Waals surface area contributed by atoms with Crippen LogP contribution in [0.1, 0.15) is 24.0 Å². The highest BCUT2D eigenvalue weighted by molar-refractivity contribution is 6.05. The van der Waals surface area contributed by atoms with Crippen LogP contribution in [0.25, 0.3) is 5.57 Å². The molecule has 136 valence electrons. The van der Waals surface area contributed by atoms with Gasteiger partial charge in [0.25, 0.3) is 0 Å². The number of nitrogens with one attached hydrogen (secondary N) is 1. The molecule has 0 aromatic heterocycles. The van der Waals surface area contributed by atoms with Crippen LogP contribution >= 0.6 is 0 Å². The van der Waals surface area contributed by atoms with Gasteiger partial charge >= 0.3 is 0 Å².